The Balaban J connectivity index is 1.79. The number of hydrogen-bond donors (Lipinski definition) is 3. The van der Waals surface area contributed by atoms with Gasteiger partial charge in [-0.1, -0.05) is 6.07 Å². The van der Waals surface area contributed by atoms with Gasteiger partial charge in [0.1, 0.15) is 0 Å². The first-order chi connectivity index (χ1) is 8.88. The molecule has 3 N–H and O–H groups in total. The molecule has 0 radical (unpaired) electrons. The number of aromatic nitrogens is 3. The molecular weight excluding hydrogens is 228 g/mol. The molecule has 0 fully saturated rings. The van der Waals surface area contributed by atoms with Crippen LogP contribution >= 0.6 is 0 Å². The Morgan fingerprint density at radius 2 is 2.11 bits per heavy atom. The molecule has 0 saturated heterocycles. The average Bonchev–Trinajstić information content (AvgIpc) is 2.93. The molecule has 2 heterocycles. The number of rotatable bonds is 4. The van der Waals surface area contributed by atoms with Crippen molar-refractivity contribution < 1.29 is 0 Å². The second-order valence-electron chi connectivity index (χ2n) is 3.68. The van der Waals surface area contributed by atoms with E-state index in [2.05, 4.69) is 30.8 Å². The molecule has 18 heavy (non-hydrogen) atoms. The Kier molecular flexibility index (Phi) is 4.29. The summed E-state index contributed by atoms with van der Waals surface area (Å²) in [6.45, 7) is 1.30. The van der Waals surface area contributed by atoms with Gasteiger partial charge in [-0.05, 0) is 18.2 Å². The minimum atomic E-state index is 0.642. The van der Waals surface area contributed by atoms with Gasteiger partial charge in [0.05, 0.1) is 24.5 Å². The van der Waals surface area contributed by atoms with Crippen molar-refractivity contribution in [2.75, 3.05) is 7.05 Å². The molecule has 0 aromatic carbocycles. The first-order valence-electron chi connectivity index (χ1n) is 5.71. The minimum absolute atomic E-state index is 0.642. The first kappa shape index (κ1) is 12.1. The van der Waals surface area contributed by atoms with Crippen molar-refractivity contribution in [3.05, 3.63) is 48.0 Å². The zero-order valence-corrected chi connectivity index (χ0v) is 10.2. The second-order valence-corrected chi connectivity index (χ2v) is 3.68. The fourth-order valence-electron chi connectivity index (χ4n) is 1.46. The number of H-pyrrole nitrogens is 1. The van der Waals surface area contributed by atoms with Gasteiger partial charge in [-0.2, -0.15) is 5.10 Å². The van der Waals surface area contributed by atoms with Crippen LogP contribution in [-0.2, 0) is 13.1 Å². The molecule has 2 aromatic rings. The van der Waals surface area contributed by atoms with Crippen molar-refractivity contribution in [3.63, 3.8) is 0 Å². The van der Waals surface area contributed by atoms with Crippen molar-refractivity contribution >= 4 is 5.96 Å². The van der Waals surface area contributed by atoms with E-state index in [0.717, 1.165) is 17.3 Å². The van der Waals surface area contributed by atoms with E-state index in [0.29, 0.717) is 13.1 Å². The topological polar surface area (TPSA) is 78.0 Å². The lowest BCUT2D eigenvalue weighted by atomic mass is 10.3. The highest BCUT2D eigenvalue weighted by molar-refractivity contribution is 5.79. The highest BCUT2D eigenvalue weighted by atomic mass is 15.2. The van der Waals surface area contributed by atoms with Crippen molar-refractivity contribution in [1.29, 1.82) is 0 Å². The normalized spacial score (nSPS) is 11.3. The van der Waals surface area contributed by atoms with Crippen LogP contribution in [0.2, 0.25) is 0 Å². The largest absolute Gasteiger partial charge is 0.351 e. The molecule has 6 heteroatoms. The van der Waals surface area contributed by atoms with Crippen LogP contribution in [0.1, 0.15) is 11.4 Å². The smallest absolute Gasteiger partial charge is 0.191 e. The summed E-state index contributed by atoms with van der Waals surface area (Å²) in [5.74, 6) is 0.732. The molecule has 0 aliphatic carbocycles. The van der Waals surface area contributed by atoms with E-state index in [9.17, 15) is 0 Å². The quantitative estimate of drug-likeness (QED) is 0.545. The zero-order valence-electron chi connectivity index (χ0n) is 10.2. The summed E-state index contributed by atoms with van der Waals surface area (Å²) in [6.07, 6.45) is 3.50. The first-order valence-corrected chi connectivity index (χ1v) is 5.71. The van der Waals surface area contributed by atoms with E-state index in [1.807, 2.05) is 24.3 Å². The molecule has 94 valence electrons. The Labute approximate surface area is 106 Å². The number of hydrogen-bond acceptors (Lipinski definition) is 3. The standard InChI is InChI=1S/C12H16N6/c1-13-12(16-9-11-5-7-17-18-11)15-8-10-4-2-3-6-14-10/h2-7H,8-9H2,1H3,(H,17,18)(H2,13,15,16). The van der Waals surface area contributed by atoms with Gasteiger partial charge < -0.3 is 10.6 Å². The minimum Gasteiger partial charge on any atom is -0.351 e. The molecule has 0 aliphatic heterocycles. The number of nitrogens with one attached hydrogen (secondary N) is 3. The third kappa shape index (κ3) is 3.58. The Hall–Kier alpha value is -2.37. The Morgan fingerprint density at radius 3 is 2.78 bits per heavy atom. The van der Waals surface area contributed by atoms with Gasteiger partial charge in [0.2, 0.25) is 0 Å². The number of aliphatic imine (C=N–C) groups is 1. The van der Waals surface area contributed by atoms with Gasteiger partial charge >= 0.3 is 0 Å². The lowest BCUT2D eigenvalue weighted by Crippen LogP contribution is -2.36. The fourth-order valence-corrected chi connectivity index (χ4v) is 1.46. The molecule has 0 saturated carbocycles. The summed E-state index contributed by atoms with van der Waals surface area (Å²) >= 11 is 0. The summed E-state index contributed by atoms with van der Waals surface area (Å²) in [4.78, 5) is 8.37. The van der Waals surface area contributed by atoms with Gasteiger partial charge in [-0.15, -0.1) is 0 Å². The third-order valence-corrected chi connectivity index (χ3v) is 2.39. The van der Waals surface area contributed by atoms with Crippen LogP contribution in [0.3, 0.4) is 0 Å². The van der Waals surface area contributed by atoms with Gasteiger partial charge in [-0.25, -0.2) is 0 Å². The molecular formula is C12H16N6. The third-order valence-electron chi connectivity index (χ3n) is 2.39. The van der Waals surface area contributed by atoms with Gasteiger partial charge in [0.25, 0.3) is 0 Å². The molecule has 0 bridgehead atoms. The molecule has 0 amide bonds. The van der Waals surface area contributed by atoms with Gasteiger partial charge in [-0.3, -0.25) is 15.1 Å². The lowest BCUT2D eigenvalue weighted by molar-refractivity contribution is 0.779. The van der Waals surface area contributed by atoms with E-state index in [1.165, 1.54) is 0 Å². The maximum Gasteiger partial charge on any atom is 0.191 e. The van der Waals surface area contributed by atoms with Crippen molar-refractivity contribution in [2.24, 2.45) is 4.99 Å². The van der Waals surface area contributed by atoms with Crippen LogP contribution in [0.5, 0.6) is 0 Å². The van der Waals surface area contributed by atoms with Crippen LogP contribution < -0.4 is 10.6 Å². The average molecular weight is 244 g/mol. The highest BCUT2D eigenvalue weighted by Crippen LogP contribution is 1.93. The maximum atomic E-state index is 4.23. The van der Waals surface area contributed by atoms with Crippen molar-refractivity contribution in [1.82, 2.24) is 25.8 Å². The number of guanidine groups is 1. The Bertz CT molecular complexity index is 477. The summed E-state index contributed by atoms with van der Waals surface area (Å²) in [7, 11) is 1.74. The second kappa shape index (κ2) is 6.39. The van der Waals surface area contributed by atoms with Crippen LogP contribution in [0.4, 0.5) is 0 Å². The zero-order chi connectivity index (χ0) is 12.6. The van der Waals surface area contributed by atoms with Crippen molar-refractivity contribution in [2.45, 2.75) is 13.1 Å². The van der Waals surface area contributed by atoms with E-state index in [-0.39, 0.29) is 0 Å². The van der Waals surface area contributed by atoms with Gasteiger partial charge in [0.15, 0.2) is 5.96 Å². The lowest BCUT2D eigenvalue weighted by Gasteiger charge is -2.10. The number of aromatic amines is 1. The maximum absolute atomic E-state index is 4.23. The molecule has 0 spiro atoms. The van der Waals surface area contributed by atoms with E-state index < -0.39 is 0 Å². The Morgan fingerprint density at radius 1 is 1.22 bits per heavy atom. The predicted octanol–water partition coefficient (Wildman–Crippen LogP) is 0.670. The molecule has 2 aromatic heterocycles. The monoisotopic (exact) mass is 244 g/mol. The summed E-state index contributed by atoms with van der Waals surface area (Å²) in [5.41, 5.74) is 1.98. The predicted molar refractivity (Wildman–Crippen MR) is 69.9 cm³/mol. The number of nitrogens with zero attached hydrogens (tertiary/aromatic N) is 3. The van der Waals surface area contributed by atoms with E-state index in [4.69, 9.17) is 0 Å². The summed E-state index contributed by atoms with van der Waals surface area (Å²) in [6, 6.07) is 7.74. The number of pyridine rings is 1. The fraction of sp³-hybridized carbons (Fsp3) is 0.250. The van der Waals surface area contributed by atoms with Crippen LogP contribution in [-0.4, -0.2) is 28.2 Å². The molecule has 0 unspecified atom stereocenters. The molecule has 6 nitrogen and oxygen atoms in total. The van der Waals surface area contributed by atoms with Crippen LogP contribution in [0, 0.1) is 0 Å². The van der Waals surface area contributed by atoms with Crippen molar-refractivity contribution in [3.8, 4) is 0 Å². The van der Waals surface area contributed by atoms with E-state index >= 15 is 0 Å². The van der Waals surface area contributed by atoms with E-state index in [1.54, 1.807) is 19.4 Å². The molecule has 0 atom stereocenters. The molecule has 2 rings (SSSR count). The van der Waals surface area contributed by atoms with Gasteiger partial charge in [0, 0.05) is 19.4 Å². The molecule has 0 aliphatic rings. The van der Waals surface area contributed by atoms with Crippen LogP contribution in [0.15, 0.2) is 41.7 Å². The highest BCUT2D eigenvalue weighted by Gasteiger charge is 1.99. The summed E-state index contributed by atoms with van der Waals surface area (Å²) in [5, 5.41) is 13.1. The van der Waals surface area contributed by atoms with Crippen LogP contribution in [0.25, 0.3) is 0 Å². The summed E-state index contributed by atoms with van der Waals surface area (Å²) < 4.78 is 0. The SMILES string of the molecule is CN=C(NCc1ccccn1)NCc1ccn[nH]1.